The zero-order valence-electron chi connectivity index (χ0n) is 15.2. The highest BCUT2D eigenvalue weighted by Crippen LogP contribution is 2.39. The fourth-order valence-electron chi connectivity index (χ4n) is 3.37. The maximum atomic E-state index is 10.5. The van der Waals surface area contributed by atoms with Gasteiger partial charge in [0, 0.05) is 40.5 Å². The van der Waals surface area contributed by atoms with Crippen LogP contribution in [0.15, 0.2) is 28.8 Å². The molecule has 1 N–H and O–H groups in total. The average molecular weight is 370 g/mol. The van der Waals surface area contributed by atoms with Crippen LogP contribution in [0.5, 0.6) is 11.5 Å². The number of ether oxygens (including phenoxy) is 1. The van der Waals surface area contributed by atoms with E-state index in [1.165, 1.54) is 4.88 Å². The summed E-state index contributed by atoms with van der Waals surface area (Å²) in [5.41, 5.74) is 4.10. The summed E-state index contributed by atoms with van der Waals surface area (Å²) in [5.74, 6) is 1.67. The molecule has 1 aliphatic rings. The molecule has 0 radical (unpaired) electrons. The number of thiophene rings is 1. The number of aryl methyl sites for hydroxylation is 3. The normalized spacial score (nSPS) is 14.7. The molecule has 0 bridgehead atoms. The van der Waals surface area contributed by atoms with Crippen molar-refractivity contribution in [1.82, 2.24) is 10.1 Å². The largest absolute Gasteiger partial charge is 0.504 e. The van der Waals surface area contributed by atoms with E-state index in [2.05, 4.69) is 35.2 Å². The monoisotopic (exact) mass is 370 g/mol. The van der Waals surface area contributed by atoms with Gasteiger partial charge in [-0.05, 0) is 50.6 Å². The lowest BCUT2D eigenvalue weighted by Gasteiger charge is -2.19. The molecule has 2 aromatic heterocycles. The first-order valence-corrected chi connectivity index (χ1v) is 9.52. The fraction of sp³-hybridized carbons (Fsp3) is 0.350. The van der Waals surface area contributed by atoms with Crippen LogP contribution in [0, 0.1) is 20.8 Å². The third-order valence-corrected chi connectivity index (χ3v) is 5.83. The summed E-state index contributed by atoms with van der Waals surface area (Å²) in [7, 11) is 0. The second kappa shape index (κ2) is 6.78. The summed E-state index contributed by atoms with van der Waals surface area (Å²) in [6.07, 6.45) is 0. The van der Waals surface area contributed by atoms with E-state index in [0.717, 1.165) is 46.1 Å². The lowest BCUT2D eigenvalue weighted by Crippen LogP contribution is -2.25. The van der Waals surface area contributed by atoms with E-state index in [4.69, 9.17) is 9.26 Å². The Bertz CT molecular complexity index is 925. The van der Waals surface area contributed by atoms with E-state index in [9.17, 15) is 5.11 Å². The summed E-state index contributed by atoms with van der Waals surface area (Å²) in [6.45, 7) is 8.80. The van der Waals surface area contributed by atoms with Gasteiger partial charge in [-0.1, -0.05) is 5.16 Å². The van der Waals surface area contributed by atoms with Gasteiger partial charge in [-0.3, -0.25) is 4.90 Å². The Labute approximate surface area is 156 Å². The molecule has 0 atom stereocenters. The van der Waals surface area contributed by atoms with Crippen LogP contribution in [0.3, 0.4) is 0 Å². The van der Waals surface area contributed by atoms with Gasteiger partial charge in [-0.2, -0.15) is 0 Å². The Morgan fingerprint density at radius 1 is 1.23 bits per heavy atom. The quantitative estimate of drug-likeness (QED) is 0.739. The third kappa shape index (κ3) is 3.22. The smallest absolute Gasteiger partial charge is 0.165 e. The highest BCUT2D eigenvalue weighted by atomic mass is 32.1. The third-order valence-electron chi connectivity index (χ3n) is 4.78. The van der Waals surface area contributed by atoms with Gasteiger partial charge >= 0.3 is 0 Å². The number of benzene rings is 1. The van der Waals surface area contributed by atoms with Gasteiger partial charge in [-0.25, -0.2) is 0 Å². The first-order valence-electron chi connectivity index (χ1n) is 8.71. The van der Waals surface area contributed by atoms with E-state index in [0.29, 0.717) is 18.9 Å². The zero-order valence-corrected chi connectivity index (χ0v) is 16.0. The van der Waals surface area contributed by atoms with E-state index >= 15 is 0 Å². The van der Waals surface area contributed by atoms with Gasteiger partial charge in [0.15, 0.2) is 11.5 Å². The Kier molecular flexibility index (Phi) is 4.46. The van der Waals surface area contributed by atoms with E-state index in [1.807, 2.05) is 13.8 Å². The van der Waals surface area contributed by atoms with Gasteiger partial charge < -0.3 is 14.4 Å². The second-order valence-electron chi connectivity index (χ2n) is 6.76. The van der Waals surface area contributed by atoms with Crippen molar-refractivity contribution in [3.05, 3.63) is 51.7 Å². The van der Waals surface area contributed by atoms with Crippen LogP contribution in [0.4, 0.5) is 0 Å². The molecule has 6 heteroatoms. The molecule has 4 rings (SSSR count). The summed E-state index contributed by atoms with van der Waals surface area (Å²) in [4.78, 5) is 4.72. The van der Waals surface area contributed by atoms with Gasteiger partial charge in [0.25, 0.3) is 0 Å². The molecule has 0 saturated carbocycles. The van der Waals surface area contributed by atoms with E-state index in [-0.39, 0.29) is 5.75 Å². The molecular weight excluding hydrogens is 348 g/mol. The Morgan fingerprint density at radius 3 is 2.77 bits per heavy atom. The molecule has 3 aromatic rings. The molecule has 136 valence electrons. The molecule has 5 nitrogen and oxygen atoms in total. The number of phenolic OH excluding ortho intramolecular Hbond substituents is 1. The van der Waals surface area contributed by atoms with Crippen molar-refractivity contribution in [1.29, 1.82) is 0 Å². The number of rotatable bonds is 3. The van der Waals surface area contributed by atoms with Gasteiger partial charge in [0.2, 0.25) is 0 Å². The minimum Gasteiger partial charge on any atom is -0.504 e. The number of aromatic hydroxyl groups is 1. The topological polar surface area (TPSA) is 58.7 Å². The lowest BCUT2D eigenvalue weighted by molar-refractivity contribution is 0.216. The molecule has 0 unspecified atom stereocenters. The van der Waals surface area contributed by atoms with Crippen LogP contribution in [0.2, 0.25) is 0 Å². The predicted molar refractivity (Wildman–Crippen MR) is 102 cm³/mol. The minimum absolute atomic E-state index is 0.211. The summed E-state index contributed by atoms with van der Waals surface area (Å²) < 4.78 is 11.1. The molecule has 1 aromatic carbocycles. The predicted octanol–water partition coefficient (Wildman–Crippen LogP) is 4.43. The van der Waals surface area contributed by atoms with Crippen molar-refractivity contribution >= 4 is 11.3 Å². The summed E-state index contributed by atoms with van der Waals surface area (Å²) >= 11 is 1.73. The first-order chi connectivity index (χ1) is 12.5. The van der Waals surface area contributed by atoms with Gasteiger partial charge in [0.05, 0.1) is 5.69 Å². The van der Waals surface area contributed by atoms with Crippen LogP contribution in [0.1, 0.15) is 27.5 Å². The lowest BCUT2D eigenvalue weighted by atomic mass is 10.1. The maximum Gasteiger partial charge on any atom is 0.165 e. The highest BCUT2D eigenvalue weighted by Gasteiger charge is 2.22. The zero-order chi connectivity index (χ0) is 18.3. The van der Waals surface area contributed by atoms with Crippen LogP contribution in [-0.4, -0.2) is 28.3 Å². The SMILES string of the molecule is Cc1ccc(-c2cc(O)c3c(c2)CN(Cc2c(C)noc2C)CCO3)s1. The minimum atomic E-state index is 0.211. The summed E-state index contributed by atoms with van der Waals surface area (Å²) in [5, 5.41) is 14.5. The van der Waals surface area contributed by atoms with Crippen molar-refractivity contribution in [2.24, 2.45) is 0 Å². The Morgan fingerprint density at radius 2 is 2.08 bits per heavy atom. The van der Waals surface area contributed by atoms with Gasteiger partial charge in [-0.15, -0.1) is 11.3 Å². The van der Waals surface area contributed by atoms with E-state index in [1.54, 1.807) is 17.4 Å². The van der Waals surface area contributed by atoms with Crippen molar-refractivity contribution < 1.29 is 14.4 Å². The van der Waals surface area contributed by atoms with Crippen LogP contribution in [-0.2, 0) is 13.1 Å². The number of hydrogen-bond donors (Lipinski definition) is 1. The van der Waals surface area contributed by atoms with Crippen LogP contribution in [0.25, 0.3) is 10.4 Å². The van der Waals surface area contributed by atoms with Crippen molar-refractivity contribution in [2.75, 3.05) is 13.2 Å². The molecular formula is C20H22N2O3S. The number of fused-ring (bicyclic) bond motifs is 1. The molecule has 26 heavy (non-hydrogen) atoms. The number of hydrogen-bond acceptors (Lipinski definition) is 6. The van der Waals surface area contributed by atoms with Crippen molar-refractivity contribution in [3.63, 3.8) is 0 Å². The maximum absolute atomic E-state index is 10.5. The molecule has 0 saturated heterocycles. The van der Waals surface area contributed by atoms with E-state index < -0.39 is 0 Å². The molecule has 0 fully saturated rings. The second-order valence-corrected chi connectivity index (χ2v) is 8.04. The standard InChI is InChI=1S/C20H22N2O3S/c1-12-4-5-19(26-12)15-8-16-10-22(6-7-24-20(16)18(23)9-15)11-17-13(2)21-25-14(17)3/h4-5,8-9,23H,6-7,10-11H2,1-3H3. The average Bonchev–Trinajstić information content (AvgIpc) is 3.09. The molecule has 0 spiro atoms. The first kappa shape index (κ1) is 17.1. The number of phenols is 1. The molecule has 0 amide bonds. The molecule has 3 heterocycles. The Balaban J connectivity index is 1.65. The molecule has 0 aliphatic carbocycles. The Hall–Kier alpha value is -2.31. The molecule has 1 aliphatic heterocycles. The number of aromatic nitrogens is 1. The fourth-order valence-corrected chi connectivity index (χ4v) is 4.23. The van der Waals surface area contributed by atoms with Crippen LogP contribution >= 0.6 is 11.3 Å². The highest BCUT2D eigenvalue weighted by molar-refractivity contribution is 7.15. The number of nitrogens with zero attached hydrogens (tertiary/aromatic N) is 2. The van der Waals surface area contributed by atoms with Gasteiger partial charge in [0.1, 0.15) is 12.4 Å². The summed E-state index contributed by atoms with van der Waals surface area (Å²) in [6, 6.07) is 8.13. The van der Waals surface area contributed by atoms with Crippen molar-refractivity contribution in [3.8, 4) is 21.9 Å². The van der Waals surface area contributed by atoms with Crippen molar-refractivity contribution in [2.45, 2.75) is 33.9 Å². The van der Waals surface area contributed by atoms with Crippen LogP contribution < -0.4 is 4.74 Å².